The van der Waals surface area contributed by atoms with Crippen LogP contribution in [-0.2, 0) is 11.3 Å². The van der Waals surface area contributed by atoms with Gasteiger partial charge in [0.2, 0.25) is 0 Å². The van der Waals surface area contributed by atoms with Gasteiger partial charge in [-0.15, -0.1) is 0 Å². The van der Waals surface area contributed by atoms with Gasteiger partial charge >= 0.3 is 0 Å². The molecule has 1 atom stereocenters. The number of nitrogens with zero attached hydrogens (tertiary/aromatic N) is 2. The van der Waals surface area contributed by atoms with Crippen LogP contribution in [0.25, 0.3) is 11.0 Å². The lowest BCUT2D eigenvalue weighted by molar-refractivity contribution is -0.00760. The molecular weight excluding hydrogens is 344 g/mol. The number of aromatic nitrogens is 1. The third kappa shape index (κ3) is 3.90. The van der Waals surface area contributed by atoms with Crippen LogP contribution in [0.2, 0.25) is 0 Å². The zero-order valence-corrected chi connectivity index (χ0v) is 14.8. The van der Waals surface area contributed by atoms with Crippen LogP contribution >= 0.6 is 0 Å². The van der Waals surface area contributed by atoms with Crippen molar-refractivity contribution < 1.29 is 13.9 Å². The molecule has 0 saturated carbocycles. The summed E-state index contributed by atoms with van der Waals surface area (Å²) in [4.78, 5) is 30.9. The van der Waals surface area contributed by atoms with E-state index in [9.17, 15) is 9.59 Å². The zero-order chi connectivity index (χ0) is 18.6. The van der Waals surface area contributed by atoms with Crippen molar-refractivity contribution in [1.82, 2.24) is 9.88 Å². The molecule has 1 aromatic carbocycles. The van der Waals surface area contributed by atoms with E-state index in [1.54, 1.807) is 41.6 Å². The first-order chi connectivity index (χ1) is 13.2. The molecule has 2 aromatic heterocycles. The summed E-state index contributed by atoms with van der Waals surface area (Å²) in [5.74, 6) is -0.195. The molecule has 6 heteroatoms. The van der Waals surface area contributed by atoms with Gasteiger partial charge in [0, 0.05) is 31.5 Å². The lowest BCUT2D eigenvalue weighted by Crippen LogP contribution is -2.43. The summed E-state index contributed by atoms with van der Waals surface area (Å²) >= 11 is 0. The first kappa shape index (κ1) is 17.4. The number of carbonyl (C=O) groups excluding carboxylic acids is 1. The number of fused-ring (bicyclic) bond motifs is 1. The highest BCUT2D eigenvalue weighted by molar-refractivity contribution is 5.93. The van der Waals surface area contributed by atoms with Crippen molar-refractivity contribution in [3.8, 4) is 0 Å². The first-order valence-electron chi connectivity index (χ1n) is 9.03. The number of pyridine rings is 1. The molecule has 6 nitrogen and oxygen atoms in total. The maximum atomic E-state index is 12.8. The Kier molecular flexibility index (Phi) is 4.98. The second kappa shape index (κ2) is 7.72. The molecule has 0 bridgehead atoms. The molecule has 3 heterocycles. The minimum absolute atomic E-state index is 0.0462. The first-order valence-corrected chi connectivity index (χ1v) is 9.03. The molecule has 1 saturated heterocycles. The summed E-state index contributed by atoms with van der Waals surface area (Å²) in [6, 6.07) is 12.1. The van der Waals surface area contributed by atoms with Crippen molar-refractivity contribution in [1.29, 1.82) is 0 Å². The number of benzene rings is 1. The minimum atomic E-state index is -0.271. The Bertz CT molecular complexity index is 1000. The molecule has 3 aromatic rings. The van der Waals surface area contributed by atoms with Crippen LogP contribution in [0.3, 0.4) is 0 Å². The number of likely N-dealkylation sites (tertiary alicyclic amines) is 1. The molecule has 138 valence electrons. The molecule has 0 radical (unpaired) electrons. The molecule has 0 aliphatic carbocycles. The molecule has 0 spiro atoms. The maximum absolute atomic E-state index is 12.8. The van der Waals surface area contributed by atoms with Crippen LogP contribution < -0.4 is 5.43 Å². The van der Waals surface area contributed by atoms with Crippen LogP contribution in [-0.4, -0.2) is 35.0 Å². The van der Waals surface area contributed by atoms with E-state index < -0.39 is 0 Å². The van der Waals surface area contributed by atoms with Crippen LogP contribution in [0.1, 0.15) is 29.0 Å². The van der Waals surface area contributed by atoms with E-state index in [4.69, 9.17) is 9.15 Å². The summed E-state index contributed by atoms with van der Waals surface area (Å²) in [6.45, 7) is 1.57. The van der Waals surface area contributed by atoms with Crippen molar-refractivity contribution in [2.75, 3.05) is 13.1 Å². The minimum Gasteiger partial charge on any atom is -0.451 e. The van der Waals surface area contributed by atoms with E-state index in [0.717, 1.165) is 18.4 Å². The van der Waals surface area contributed by atoms with Crippen LogP contribution in [0.4, 0.5) is 0 Å². The Morgan fingerprint density at radius 2 is 2.15 bits per heavy atom. The third-order valence-electron chi connectivity index (χ3n) is 4.72. The number of ether oxygens (including phenoxy) is 1. The number of para-hydroxylation sites is 1. The molecule has 0 N–H and O–H groups in total. The fourth-order valence-corrected chi connectivity index (χ4v) is 3.32. The molecule has 1 amide bonds. The Hall–Kier alpha value is -2.99. The van der Waals surface area contributed by atoms with Crippen LogP contribution in [0.5, 0.6) is 0 Å². The van der Waals surface area contributed by atoms with E-state index in [-0.39, 0.29) is 23.2 Å². The zero-order valence-electron chi connectivity index (χ0n) is 14.8. The van der Waals surface area contributed by atoms with E-state index in [1.807, 2.05) is 12.1 Å². The molecule has 4 rings (SSSR count). The van der Waals surface area contributed by atoms with Gasteiger partial charge in [0.15, 0.2) is 11.2 Å². The molecule has 1 aliphatic rings. The van der Waals surface area contributed by atoms with Crippen molar-refractivity contribution in [2.45, 2.75) is 25.6 Å². The van der Waals surface area contributed by atoms with E-state index in [0.29, 0.717) is 30.7 Å². The monoisotopic (exact) mass is 364 g/mol. The molecular formula is C21H20N2O4. The highest BCUT2D eigenvalue weighted by Gasteiger charge is 2.27. The van der Waals surface area contributed by atoms with E-state index >= 15 is 0 Å². The van der Waals surface area contributed by atoms with Gasteiger partial charge in [-0.05, 0) is 36.6 Å². The molecule has 1 aliphatic heterocycles. The number of carbonyl (C=O) groups is 1. The average molecular weight is 364 g/mol. The fraction of sp³-hybridized carbons (Fsp3) is 0.286. The summed E-state index contributed by atoms with van der Waals surface area (Å²) < 4.78 is 11.6. The second-order valence-corrected chi connectivity index (χ2v) is 6.66. The normalized spacial score (nSPS) is 17.2. The summed E-state index contributed by atoms with van der Waals surface area (Å²) in [6.07, 6.45) is 5.19. The number of hydrogen-bond acceptors (Lipinski definition) is 5. The second-order valence-electron chi connectivity index (χ2n) is 6.66. The fourth-order valence-electron chi connectivity index (χ4n) is 3.32. The van der Waals surface area contributed by atoms with Crippen LogP contribution in [0.15, 0.2) is 64.1 Å². The molecule has 27 heavy (non-hydrogen) atoms. The van der Waals surface area contributed by atoms with Crippen molar-refractivity contribution in [3.05, 3.63) is 76.4 Å². The predicted molar refractivity (Wildman–Crippen MR) is 100 cm³/mol. The number of amides is 1. The number of rotatable bonds is 4. The van der Waals surface area contributed by atoms with Gasteiger partial charge in [-0.25, -0.2) is 0 Å². The van der Waals surface area contributed by atoms with Crippen molar-refractivity contribution >= 4 is 16.9 Å². The van der Waals surface area contributed by atoms with Gasteiger partial charge in [-0.2, -0.15) is 0 Å². The number of piperidine rings is 1. The van der Waals surface area contributed by atoms with Crippen molar-refractivity contribution in [2.24, 2.45) is 0 Å². The predicted octanol–water partition coefficient (Wildman–Crippen LogP) is 3.01. The Morgan fingerprint density at radius 1 is 1.26 bits per heavy atom. The average Bonchev–Trinajstić information content (AvgIpc) is 2.73. The van der Waals surface area contributed by atoms with Gasteiger partial charge in [-0.3, -0.25) is 14.6 Å². The van der Waals surface area contributed by atoms with Crippen LogP contribution in [0, 0.1) is 0 Å². The van der Waals surface area contributed by atoms with E-state index in [2.05, 4.69) is 4.98 Å². The lowest BCUT2D eigenvalue weighted by Gasteiger charge is -2.32. The molecule has 1 unspecified atom stereocenters. The lowest BCUT2D eigenvalue weighted by atomic mass is 10.1. The maximum Gasteiger partial charge on any atom is 0.289 e. The summed E-state index contributed by atoms with van der Waals surface area (Å²) in [7, 11) is 0. The Morgan fingerprint density at radius 3 is 3.00 bits per heavy atom. The highest BCUT2D eigenvalue weighted by Crippen LogP contribution is 2.19. The van der Waals surface area contributed by atoms with E-state index in [1.165, 1.54) is 6.07 Å². The van der Waals surface area contributed by atoms with Crippen molar-refractivity contribution in [3.63, 3.8) is 0 Å². The summed E-state index contributed by atoms with van der Waals surface area (Å²) in [5.41, 5.74) is 1.22. The standard InChI is InChI=1S/C21H20N2O4/c24-18-11-20(27-19-8-2-1-7-17(18)19)21(25)23-10-4-6-16(13-23)26-14-15-5-3-9-22-12-15/h1-3,5,7-9,11-12,16H,4,6,10,13-14H2. The van der Waals surface area contributed by atoms with Gasteiger partial charge in [-0.1, -0.05) is 18.2 Å². The molecule has 1 fully saturated rings. The largest absolute Gasteiger partial charge is 0.451 e. The van der Waals surface area contributed by atoms with Gasteiger partial charge in [0.05, 0.1) is 18.1 Å². The third-order valence-corrected chi connectivity index (χ3v) is 4.72. The quantitative estimate of drug-likeness (QED) is 0.712. The Labute approximate surface area is 156 Å². The number of hydrogen-bond donors (Lipinski definition) is 0. The Balaban J connectivity index is 1.46. The SMILES string of the molecule is O=C(c1cc(=O)c2ccccc2o1)N1CCCC(OCc2cccnc2)C1. The highest BCUT2D eigenvalue weighted by atomic mass is 16.5. The van der Waals surface area contributed by atoms with Gasteiger partial charge in [0.25, 0.3) is 5.91 Å². The van der Waals surface area contributed by atoms with Gasteiger partial charge < -0.3 is 14.1 Å². The summed E-state index contributed by atoms with van der Waals surface area (Å²) in [5, 5.41) is 0.477. The topological polar surface area (TPSA) is 72.6 Å². The van der Waals surface area contributed by atoms with Gasteiger partial charge in [0.1, 0.15) is 5.58 Å². The smallest absolute Gasteiger partial charge is 0.289 e.